The third kappa shape index (κ3) is 3.97. The number of rotatable bonds is 2. The summed E-state index contributed by atoms with van der Waals surface area (Å²) in [6.07, 6.45) is 4.73. The summed E-state index contributed by atoms with van der Waals surface area (Å²) in [6.45, 7) is 8.93. The van der Waals surface area contributed by atoms with E-state index in [0.29, 0.717) is 31.2 Å². The van der Waals surface area contributed by atoms with Crippen molar-refractivity contribution >= 4 is 28.4 Å². The molecule has 0 spiro atoms. The molecule has 1 aromatic heterocycles. The first-order valence-corrected chi connectivity index (χ1v) is 10.1. The third-order valence-corrected chi connectivity index (χ3v) is 6.23. The number of carbonyl (C=O) groups is 2. The van der Waals surface area contributed by atoms with Crippen molar-refractivity contribution in [3.05, 3.63) is 10.6 Å². The van der Waals surface area contributed by atoms with E-state index < -0.39 is 0 Å². The van der Waals surface area contributed by atoms with Crippen LogP contribution in [-0.2, 0) is 16.6 Å². The van der Waals surface area contributed by atoms with Gasteiger partial charge in [-0.25, -0.2) is 9.78 Å². The molecule has 2 heterocycles. The molecule has 0 bridgehead atoms. The largest absolute Gasteiger partial charge is 0.341 e. The molecule has 1 fully saturated rings. The van der Waals surface area contributed by atoms with Crippen molar-refractivity contribution in [2.75, 3.05) is 31.5 Å². The highest BCUT2D eigenvalue weighted by molar-refractivity contribution is 7.15. The molecule has 3 amide bonds. The van der Waals surface area contributed by atoms with E-state index >= 15 is 0 Å². The molecule has 0 atom stereocenters. The number of hydrogen-bond donors (Lipinski definition) is 1. The van der Waals surface area contributed by atoms with Gasteiger partial charge in [0.2, 0.25) is 5.91 Å². The second kappa shape index (κ2) is 7.32. The van der Waals surface area contributed by atoms with Crippen LogP contribution in [0.2, 0.25) is 0 Å². The monoisotopic (exact) mass is 364 g/mol. The van der Waals surface area contributed by atoms with Gasteiger partial charge in [-0.05, 0) is 25.7 Å². The van der Waals surface area contributed by atoms with Gasteiger partial charge in [-0.1, -0.05) is 20.8 Å². The number of fused-ring (bicyclic) bond motifs is 1. The molecular formula is C18H28N4O2S. The van der Waals surface area contributed by atoms with Gasteiger partial charge in [0, 0.05) is 42.9 Å². The summed E-state index contributed by atoms with van der Waals surface area (Å²) in [5.74, 6) is 0.164. The van der Waals surface area contributed by atoms with Gasteiger partial charge in [0.1, 0.15) is 0 Å². The van der Waals surface area contributed by atoms with Gasteiger partial charge in [-0.2, -0.15) is 0 Å². The maximum atomic E-state index is 12.6. The fraction of sp³-hybridized carbons (Fsp3) is 0.722. The highest BCUT2D eigenvalue weighted by Gasteiger charge is 2.31. The minimum atomic E-state index is -0.102. The van der Waals surface area contributed by atoms with E-state index in [4.69, 9.17) is 4.98 Å². The first kappa shape index (κ1) is 18.2. The van der Waals surface area contributed by atoms with Gasteiger partial charge in [-0.3, -0.25) is 10.1 Å². The van der Waals surface area contributed by atoms with E-state index in [1.165, 1.54) is 11.3 Å². The Morgan fingerprint density at radius 3 is 2.60 bits per heavy atom. The SMILES string of the molecule is CCC(=O)N1CCCN(C(=O)Nc2nc3c(s2)CCCC3(C)C)CC1. The molecule has 0 saturated carbocycles. The summed E-state index contributed by atoms with van der Waals surface area (Å²) in [5.41, 5.74) is 1.24. The molecule has 2 aliphatic rings. The number of nitrogens with one attached hydrogen (secondary N) is 1. The van der Waals surface area contributed by atoms with Gasteiger partial charge in [0.25, 0.3) is 0 Å². The first-order chi connectivity index (χ1) is 11.9. The lowest BCUT2D eigenvalue weighted by molar-refractivity contribution is -0.130. The van der Waals surface area contributed by atoms with Gasteiger partial charge in [0.05, 0.1) is 5.69 Å². The predicted octanol–water partition coefficient (Wildman–Crippen LogP) is 3.23. The van der Waals surface area contributed by atoms with E-state index in [9.17, 15) is 9.59 Å². The summed E-state index contributed by atoms with van der Waals surface area (Å²) in [5, 5.41) is 3.69. The molecule has 0 aromatic carbocycles. The Morgan fingerprint density at radius 2 is 1.88 bits per heavy atom. The van der Waals surface area contributed by atoms with Gasteiger partial charge < -0.3 is 9.80 Å². The molecule has 3 rings (SSSR count). The highest BCUT2D eigenvalue weighted by Crippen LogP contribution is 2.40. The minimum absolute atomic E-state index is 0.0939. The Morgan fingerprint density at radius 1 is 1.16 bits per heavy atom. The molecule has 1 saturated heterocycles. The van der Waals surface area contributed by atoms with Crippen LogP contribution in [0.25, 0.3) is 0 Å². The molecule has 0 radical (unpaired) electrons. The van der Waals surface area contributed by atoms with Crippen molar-refractivity contribution in [1.29, 1.82) is 0 Å². The number of anilines is 1. The van der Waals surface area contributed by atoms with Crippen LogP contribution in [0.4, 0.5) is 9.93 Å². The standard InChI is InChI=1S/C18H28N4O2S/c1-4-14(23)21-9-6-10-22(12-11-21)17(24)20-16-19-15-13(25-16)7-5-8-18(15,2)3/h4-12H2,1-3H3,(H,19,20,24). The Kier molecular flexibility index (Phi) is 5.32. The smallest absolute Gasteiger partial charge is 0.323 e. The van der Waals surface area contributed by atoms with E-state index in [0.717, 1.165) is 31.5 Å². The van der Waals surface area contributed by atoms with Crippen molar-refractivity contribution < 1.29 is 9.59 Å². The Hall–Kier alpha value is -1.63. The minimum Gasteiger partial charge on any atom is -0.341 e. The summed E-state index contributed by atoms with van der Waals surface area (Å²) >= 11 is 1.61. The maximum Gasteiger partial charge on any atom is 0.323 e. The zero-order valence-corrected chi connectivity index (χ0v) is 16.2. The molecule has 1 aromatic rings. The molecule has 1 aliphatic heterocycles. The molecular weight excluding hydrogens is 336 g/mol. The average Bonchev–Trinajstić information content (AvgIpc) is 2.83. The van der Waals surface area contributed by atoms with Crippen LogP contribution in [0, 0.1) is 0 Å². The van der Waals surface area contributed by atoms with Crippen molar-refractivity contribution in [1.82, 2.24) is 14.8 Å². The van der Waals surface area contributed by atoms with E-state index in [1.807, 2.05) is 11.8 Å². The zero-order valence-electron chi connectivity index (χ0n) is 15.4. The second-order valence-electron chi connectivity index (χ2n) is 7.53. The lowest BCUT2D eigenvalue weighted by Crippen LogP contribution is -2.39. The van der Waals surface area contributed by atoms with Crippen LogP contribution in [0.1, 0.15) is 57.0 Å². The number of urea groups is 1. The highest BCUT2D eigenvalue weighted by atomic mass is 32.1. The number of thiazole rings is 1. The number of amides is 3. The number of nitrogens with zero attached hydrogens (tertiary/aromatic N) is 3. The van der Waals surface area contributed by atoms with Crippen LogP contribution >= 0.6 is 11.3 Å². The molecule has 7 heteroatoms. The normalized spacial score (nSPS) is 20.0. The van der Waals surface area contributed by atoms with Gasteiger partial charge in [0.15, 0.2) is 5.13 Å². The number of carbonyl (C=O) groups excluding carboxylic acids is 2. The van der Waals surface area contributed by atoms with Crippen LogP contribution in [0.5, 0.6) is 0 Å². The number of hydrogen-bond acceptors (Lipinski definition) is 4. The van der Waals surface area contributed by atoms with Crippen LogP contribution in [0.15, 0.2) is 0 Å². The summed E-state index contributed by atoms with van der Waals surface area (Å²) in [4.78, 5) is 34.2. The summed E-state index contributed by atoms with van der Waals surface area (Å²) in [6, 6.07) is -0.102. The van der Waals surface area contributed by atoms with Crippen LogP contribution < -0.4 is 5.32 Å². The molecule has 1 N–H and O–H groups in total. The van der Waals surface area contributed by atoms with Crippen LogP contribution in [-0.4, -0.2) is 52.9 Å². The van der Waals surface area contributed by atoms with Crippen molar-refractivity contribution in [2.45, 2.75) is 58.3 Å². The molecule has 138 valence electrons. The van der Waals surface area contributed by atoms with E-state index in [2.05, 4.69) is 19.2 Å². The molecule has 1 aliphatic carbocycles. The maximum absolute atomic E-state index is 12.6. The van der Waals surface area contributed by atoms with Gasteiger partial charge in [-0.15, -0.1) is 11.3 Å². The lowest BCUT2D eigenvalue weighted by atomic mass is 9.79. The van der Waals surface area contributed by atoms with E-state index in [-0.39, 0.29) is 17.4 Å². The third-order valence-electron chi connectivity index (χ3n) is 5.20. The average molecular weight is 365 g/mol. The Labute approximate surface area is 153 Å². The van der Waals surface area contributed by atoms with Gasteiger partial charge >= 0.3 is 6.03 Å². The molecule has 0 unspecified atom stereocenters. The number of aromatic nitrogens is 1. The Bertz CT molecular complexity index is 656. The van der Waals surface area contributed by atoms with Crippen molar-refractivity contribution in [2.24, 2.45) is 0 Å². The second-order valence-corrected chi connectivity index (χ2v) is 8.62. The van der Waals surface area contributed by atoms with Crippen LogP contribution in [0.3, 0.4) is 0 Å². The fourth-order valence-corrected chi connectivity index (χ4v) is 4.85. The fourth-order valence-electron chi connectivity index (χ4n) is 3.68. The quantitative estimate of drug-likeness (QED) is 0.876. The lowest BCUT2D eigenvalue weighted by Gasteiger charge is -2.27. The first-order valence-electron chi connectivity index (χ1n) is 9.24. The van der Waals surface area contributed by atoms with Crippen molar-refractivity contribution in [3.8, 4) is 0 Å². The topological polar surface area (TPSA) is 65.5 Å². The number of aryl methyl sites for hydroxylation is 1. The van der Waals surface area contributed by atoms with Crippen molar-refractivity contribution in [3.63, 3.8) is 0 Å². The molecule has 25 heavy (non-hydrogen) atoms. The predicted molar refractivity (Wildman–Crippen MR) is 100 cm³/mol. The zero-order chi connectivity index (χ0) is 18.0. The van der Waals surface area contributed by atoms with E-state index in [1.54, 1.807) is 16.2 Å². The summed E-state index contributed by atoms with van der Waals surface area (Å²) < 4.78 is 0. The molecule has 6 nitrogen and oxygen atoms in total. The summed E-state index contributed by atoms with van der Waals surface area (Å²) in [7, 11) is 0. The Balaban J connectivity index is 1.63.